The summed E-state index contributed by atoms with van der Waals surface area (Å²) >= 11 is 1.71. The van der Waals surface area contributed by atoms with Gasteiger partial charge in [0.1, 0.15) is 0 Å². The van der Waals surface area contributed by atoms with Crippen molar-refractivity contribution in [3.63, 3.8) is 0 Å². The van der Waals surface area contributed by atoms with Crippen molar-refractivity contribution < 1.29 is 17.9 Å². The predicted molar refractivity (Wildman–Crippen MR) is 87.0 cm³/mol. The molecule has 2 N–H and O–H groups in total. The summed E-state index contributed by atoms with van der Waals surface area (Å²) in [4.78, 5) is 8.19. The molecule has 0 bridgehead atoms. The molecule has 0 fully saturated rings. The number of halogens is 3. The first-order valence-corrected chi connectivity index (χ1v) is 8.50. The van der Waals surface area contributed by atoms with Crippen LogP contribution >= 0.6 is 11.8 Å². The number of rotatable bonds is 8. The third kappa shape index (κ3) is 8.53. The van der Waals surface area contributed by atoms with Gasteiger partial charge in [-0.25, -0.2) is 9.98 Å². The van der Waals surface area contributed by atoms with Gasteiger partial charge in [0.2, 0.25) is 5.88 Å². The molecule has 0 aliphatic rings. The summed E-state index contributed by atoms with van der Waals surface area (Å²) in [6.07, 6.45) is -1.00. The lowest BCUT2D eigenvalue weighted by molar-refractivity contribution is -0.154. The molecule has 0 aromatic carbocycles. The summed E-state index contributed by atoms with van der Waals surface area (Å²) in [6, 6.07) is 3.28. The maximum Gasteiger partial charge on any atom is 0.422 e. The molecule has 130 valence electrons. The maximum atomic E-state index is 12.3. The molecule has 0 aliphatic heterocycles. The van der Waals surface area contributed by atoms with Crippen LogP contribution in [0.25, 0.3) is 0 Å². The lowest BCUT2D eigenvalue weighted by Gasteiger charge is -2.13. The summed E-state index contributed by atoms with van der Waals surface area (Å²) in [6.45, 7) is 2.18. The highest BCUT2D eigenvalue weighted by Gasteiger charge is 2.29. The van der Waals surface area contributed by atoms with Crippen molar-refractivity contribution in [2.24, 2.45) is 4.99 Å². The monoisotopic (exact) mass is 350 g/mol. The Labute approximate surface area is 138 Å². The number of nitrogens with zero attached hydrogens (tertiary/aromatic N) is 2. The Hall–Kier alpha value is -1.64. The summed E-state index contributed by atoms with van der Waals surface area (Å²) in [5.74, 6) is 1.48. The van der Waals surface area contributed by atoms with Gasteiger partial charge in [0.15, 0.2) is 12.6 Å². The average molecular weight is 350 g/mol. The van der Waals surface area contributed by atoms with Gasteiger partial charge in [-0.3, -0.25) is 0 Å². The van der Waals surface area contributed by atoms with Crippen LogP contribution in [0.15, 0.2) is 23.3 Å². The molecule has 5 nitrogen and oxygen atoms in total. The van der Waals surface area contributed by atoms with E-state index in [1.54, 1.807) is 23.9 Å². The lowest BCUT2D eigenvalue weighted by atomic mass is 10.3. The summed E-state index contributed by atoms with van der Waals surface area (Å²) < 4.78 is 41.5. The van der Waals surface area contributed by atoms with Crippen molar-refractivity contribution in [3.05, 3.63) is 23.9 Å². The standard InChI is InChI=1S/C14H21F3N4OS/c1-3-18-13(20-7-8-23-2)21-9-11-5-4-6-19-12(11)22-10-14(15,16)17/h4-6H,3,7-10H2,1-2H3,(H2,18,20,21). The van der Waals surface area contributed by atoms with Gasteiger partial charge in [-0.1, -0.05) is 6.07 Å². The van der Waals surface area contributed by atoms with Crippen LogP contribution in [0.4, 0.5) is 13.2 Å². The third-order valence-corrected chi connectivity index (χ3v) is 3.19. The Balaban J connectivity index is 2.71. The number of aliphatic imine (C=N–C) groups is 1. The van der Waals surface area contributed by atoms with Crippen molar-refractivity contribution in [1.29, 1.82) is 0 Å². The highest BCUT2D eigenvalue weighted by Crippen LogP contribution is 2.20. The van der Waals surface area contributed by atoms with E-state index in [-0.39, 0.29) is 12.4 Å². The van der Waals surface area contributed by atoms with E-state index in [0.29, 0.717) is 18.1 Å². The van der Waals surface area contributed by atoms with E-state index in [2.05, 4.69) is 20.6 Å². The number of hydrogen-bond donors (Lipinski definition) is 2. The molecule has 1 aromatic rings. The van der Waals surface area contributed by atoms with Crippen LogP contribution in [0.3, 0.4) is 0 Å². The lowest BCUT2D eigenvalue weighted by Crippen LogP contribution is -2.38. The van der Waals surface area contributed by atoms with Crippen molar-refractivity contribution in [2.75, 3.05) is 31.7 Å². The highest BCUT2D eigenvalue weighted by atomic mass is 32.2. The van der Waals surface area contributed by atoms with Gasteiger partial charge in [0.25, 0.3) is 0 Å². The molecule has 0 saturated heterocycles. The van der Waals surface area contributed by atoms with Crippen LogP contribution < -0.4 is 15.4 Å². The number of pyridine rings is 1. The molecular weight excluding hydrogens is 329 g/mol. The topological polar surface area (TPSA) is 58.5 Å². The van der Waals surface area contributed by atoms with Crippen LogP contribution in [0, 0.1) is 0 Å². The van der Waals surface area contributed by atoms with E-state index in [4.69, 9.17) is 4.74 Å². The van der Waals surface area contributed by atoms with Crippen LogP contribution in [0.5, 0.6) is 5.88 Å². The molecule has 9 heteroatoms. The van der Waals surface area contributed by atoms with Gasteiger partial charge in [-0.2, -0.15) is 24.9 Å². The molecule has 0 aliphatic carbocycles. The Morgan fingerprint density at radius 3 is 2.83 bits per heavy atom. The minimum absolute atomic E-state index is 0.0477. The van der Waals surface area contributed by atoms with Crippen molar-refractivity contribution in [3.8, 4) is 5.88 Å². The minimum atomic E-state index is -4.40. The zero-order valence-corrected chi connectivity index (χ0v) is 13.9. The highest BCUT2D eigenvalue weighted by molar-refractivity contribution is 7.98. The Bertz CT molecular complexity index is 497. The van der Waals surface area contributed by atoms with Gasteiger partial charge in [0.05, 0.1) is 6.54 Å². The Kier molecular flexibility index (Phi) is 8.60. The fraction of sp³-hybridized carbons (Fsp3) is 0.571. The van der Waals surface area contributed by atoms with Crippen molar-refractivity contribution in [2.45, 2.75) is 19.6 Å². The smallest absolute Gasteiger partial charge is 0.422 e. The number of guanidine groups is 1. The number of ether oxygens (including phenoxy) is 1. The fourth-order valence-electron chi connectivity index (χ4n) is 1.60. The first-order chi connectivity index (χ1) is 11.0. The van der Waals surface area contributed by atoms with E-state index in [0.717, 1.165) is 12.3 Å². The third-order valence-electron chi connectivity index (χ3n) is 2.57. The molecule has 0 radical (unpaired) electrons. The molecule has 0 unspecified atom stereocenters. The van der Waals surface area contributed by atoms with Crippen molar-refractivity contribution in [1.82, 2.24) is 15.6 Å². The number of hydrogen-bond acceptors (Lipinski definition) is 4. The van der Waals surface area contributed by atoms with E-state index >= 15 is 0 Å². The molecule has 23 heavy (non-hydrogen) atoms. The number of nitrogens with one attached hydrogen (secondary N) is 2. The summed E-state index contributed by atoms with van der Waals surface area (Å²) in [5, 5.41) is 6.22. The van der Waals surface area contributed by atoms with Gasteiger partial charge in [-0.15, -0.1) is 0 Å². The number of alkyl halides is 3. The Morgan fingerprint density at radius 2 is 2.17 bits per heavy atom. The largest absolute Gasteiger partial charge is 0.468 e. The SMILES string of the molecule is CCNC(=NCc1cccnc1OCC(F)(F)F)NCCSC. The predicted octanol–water partition coefficient (Wildman–Crippen LogP) is 2.44. The number of thioether (sulfide) groups is 1. The molecule has 0 amide bonds. The van der Waals surface area contributed by atoms with Crippen LogP contribution in [-0.2, 0) is 6.54 Å². The molecule has 1 rings (SSSR count). The normalized spacial score (nSPS) is 12.1. The second kappa shape index (κ2) is 10.2. The van der Waals surface area contributed by atoms with Gasteiger partial charge >= 0.3 is 6.18 Å². The van der Waals surface area contributed by atoms with Gasteiger partial charge in [0, 0.05) is 30.6 Å². The zero-order chi connectivity index (χ0) is 17.1. The molecule has 0 spiro atoms. The minimum Gasteiger partial charge on any atom is -0.468 e. The summed E-state index contributed by atoms with van der Waals surface area (Å²) in [7, 11) is 0. The van der Waals surface area contributed by atoms with Crippen molar-refractivity contribution >= 4 is 17.7 Å². The molecule has 0 atom stereocenters. The number of aromatic nitrogens is 1. The van der Waals surface area contributed by atoms with E-state index in [1.807, 2.05) is 13.2 Å². The summed E-state index contributed by atoms with van der Waals surface area (Å²) in [5.41, 5.74) is 0.499. The first kappa shape index (κ1) is 19.4. The van der Waals surface area contributed by atoms with Gasteiger partial charge < -0.3 is 15.4 Å². The van der Waals surface area contributed by atoms with Gasteiger partial charge in [-0.05, 0) is 19.2 Å². The van der Waals surface area contributed by atoms with E-state index in [9.17, 15) is 13.2 Å². The van der Waals surface area contributed by atoms with Crippen LogP contribution in [0.2, 0.25) is 0 Å². The van der Waals surface area contributed by atoms with E-state index < -0.39 is 12.8 Å². The van der Waals surface area contributed by atoms with Crippen LogP contribution in [-0.4, -0.2) is 48.8 Å². The zero-order valence-electron chi connectivity index (χ0n) is 13.1. The first-order valence-electron chi connectivity index (χ1n) is 7.10. The molecule has 0 saturated carbocycles. The second-order valence-corrected chi connectivity index (χ2v) is 5.47. The maximum absolute atomic E-state index is 12.3. The van der Waals surface area contributed by atoms with Crippen LogP contribution in [0.1, 0.15) is 12.5 Å². The molecule has 1 heterocycles. The molecule has 1 aromatic heterocycles. The average Bonchev–Trinajstić information content (AvgIpc) is 2.51. The Morgan fingerprint density at radius 1 is 1.39 bits per heavy atom. The second-order valence-electron chi connectivity index (χ2n) is 4.49. The molecular formula is C14H21F3N4OS. The fourth-order valence-corrected chi connectivity index (χ4v) is 1.91. The quantitative estimate of drug-likeness (QED) is 0.428. The van der Waals surface area contributed by atoms with E-state index in [1.165, 1.54) is 6.20 Å².